The minimum absolute atomic E-state index is 0.126. The molecular formula is C5H4FNOS2. The number of hydrogen-bond acceptors (Lipinski definition) is 3. The largest absolute Gasteiger partial charge is 0.268 e. The lowest BCUT2D eigenvalue weighted by atomic mass is 10.5. The Bertz CT molecular complexity index is 285. The van der Waals surface area contributed by atoms with Gasteiger partial charge in [-0.1, -0.05) is 0 Å². The zero-order chi connectivity index (χ0) is 7.56. The molecule has 0 bridgehead atoms. The second-order valence-electron chi connectivity index (χ2n) is 1.62. The van der Waals surface area contributed by atoms with E-state index in [1.165, 1.54) is 18.3 Å². The lowest BCUT2D eigenvalue weighted by Crippen LogP contribution is -2.10. The highest BCUT2D eigenvalue weighted by Gasteiger charge is 1.94. The second-order valence-corrected chi connectivity index (χ2v) is 2.67. The average Bonchev–Trinajstić information content (AvgIpc) is 1.88. The number of aromatic nitrogens is 1. The third kappa shape index (κ3) is 1.54. The third-order valence-corrected chi connectivity index (χ3v) is 1.67. The molecule has 0 saturated heterocycles. The zero-order valence-corrected chi connectivity index (χ0v) is 6.53. The van der Waals surface area contributed by atoms with Crippen molar-refractivity contribution in [1.82, 2.24) is 3.97 Å². The van der Waals surface area contributed by atoms with E-state index in [1.54, 1.807) is 0 Å². The standard InChI is InChI=1S/C5H4FNOS2/c6-10-7-2-1-4(9)3-5(7)8/h1-3,9H. The summed E-state index contributed by atoms with van der Waals surface area (Å²) in [5.41, 5.74) is -0.403. The summed E-state index contributed by atoms with van der Waals surface area (Å²) in [5.74, 6) is 0. The molecule has 0 N–H and O–H groups in total. The fourth-order valence-electron chi connectivity index (χ4n) is 0.513. The summed E-state index contributed by atoms with van der Waals surface area (Å²) in [7, 11) is 0. The van der Waals surface area contributed by atoms with Crippen molar-refractivity contribution in [3.8, 4) is 0 Å². The Kier molecular flexibility index (Phi) is 2.39. The molecule has 1 aromatic rings. The Morgan fingerprint density at radius 3 is 2.90 bits per heavy atom. The van der Waals surface area contributed by atoms with Crippen LogP contribution in [0.1, 0.15) is 0 Å². The van der Waals surface area contributed by atoms with Gasteiger partial charge in [0.05, 0.1) is 0 Å². The molecule has 0 aliphatic rings. The Morgan fingerprint density at radius 1 is 1.70 bits per heavy atom. The van der Waals surface area contributed by atoms with Crippen LogP contribution in [0.3, 0.4) is 0 Å². The first-order valence-electron chi connectivity index (χ1n) is 2.45. The Balaban J connectivity index is 3.20. The highest BCUT2D eigenvalue weighted by molar-refractivity contribution is 7.92. The second kappa shape index (κ2) is 3.12. The van der Waals surface area contributed by atoms with Crippen LogP contribution in [0.2, 0.25) is 0 Å². The van der Waals surface area contributed by atoms with Crippen LogP contribution in [-0.2, 0) is 0 Å². The van der Waals surface area contributed by atoms with Gasteiger partial charge < -0.3 is 0 Å². The molecule has 1 aromatic heterocycles. The smallest absolute Gasteiger partial charge is 0.263 e. The summed E-state index contributed by atoms with van der Waals surface area (Å²) in [5, 5.41) is 0. The molecule has 1 heterocycles. The van der Waals surface area contributed by atoms with Gasteiger partial charge in [0.2, 0.25) is 0 Å². The van der Waals surface area contributed by atoms with Crippen molar-refractivity contribution < 1.29 is 3.89 Å². The minimum Gasteiger partial charge on any atom is -0.268 e. The lowest BCUT2D eigenvalue weighted by molar-refractivity contribution is 0.904. The minimum atomic E-state index is -0.403. The van der Waals surface area contributed by atoms with Gasteiger partial charge in [0, 0.05) is 17.2 Å². The monoisotopic (exact) mass is 177 g/mol. The first-order valence-corrected chi connectivity index (χ1v) is 3.57. The molecule has 0 spiro atoms. The van der Waals surface area contributed by atoms with Crippen molar-refractivity contribution >= 4 is 25.0 Å². The van der Waals surface area contributed by atoms with Crippen molar-refractivity contribution in [3.05, 3.63) is 28.7 Å². The maximum Gasteiger partial charge on any atom is 0.263 e. The molecule has 0 amide bonds. The van der Waals surface area contributed by atoms with Gasteiger partial charge in [0.25, 0.3) is 5.56 Å². The van der Waals surface area contributed by atoms with Crippen molar-refractivity contribution in [2.24, 2.45) is 0 Å². The summed E-state index contributed by atoms with van der Waals surface area (Å²) in [4.78, 5) is 11.3. The molecule has 0 atom stereocenters. The predicted molar refractivity (Wildman–Crippen MR) is 42.1 cm³/mol. The fourth-order valence-corrected chi connectivity index (χ4v) is 0.917. The molecule has 0 radical (unpaired) electrons. The van der Waals surface area contributed by atoms with E-state index in [2.05, 4.69) is 12.6 Å². The number of hydrogen-bond donors (Lipinski definition) is 1. The van der Waals surface area contributed by atoms with E-state index in [4.69, 9.17) is 0 Å². The number of rotatable bonds is 1. The van der Waals surface area contributed by atoms with Crippen molar-refractivity contribution in [3.63, 3.8) is 0 Å². The summed E-state index contributed by atoms with van der Waals surface area (Å²) in [6.07, 6.45) is 1.33. The van der Waals surface area contributed by atoms with E-state index in [9.17, 15) is 8.68 Å². The van der Waals surface area contributed by atoms with Crippen LogP contribution in [0.4, 0.5) is 3.89 Å². The maximum atomic E-state index is 11.8. The van der Waals surface area contributed by atoms with Gasteiger partial charge in [-0.3, -0.25) is 4.79 Å². The van der Waals surface area contributed by atoms with Gasteiger partial charge in [0.1, 0.15) is 0 Å². The van der Waals surface area contributed by atoms with E-state index < -0.39 is 5.56 Å². The number of thiol groups is 1. The summed E-state index contributed by atoms with van der Waals surface area (Å²) >= 11 is 3.77. The molecule has 0 aromatic carbocycles. The molecule has 1 rings (SSSR count). The first kappa shape index (κ1) is 7.68. The van der Waals surface area contributed by atoms with Crippen LogP contribution in [0.25, 0.3) is 0 Å². The fraction of sp³-hybridized carbons (Fsp3) is 0. The van der Waals surface area contributed by atoms with Crippen molar-refractivity contribution in [2.45, 2.75) is 4.90 Å². The van der Waals surface area contributed by atoms with Gasteiger partial charge in [-0.15, -0.1) is 16.5 Å². The molecule has 0 aliphatic heterocycles. The van der Waals surface area contributed by atoms with Crippen molar-refractivity contribution in [1.29, 1.82) is 0 Å². The molecule has 0 unspecified atom stereocenters. The van der Waals surface area contributed by atoms with Crippen LogP contribution in [0.5, 0.6) is 0 Å². The van der Waals surface area contributed by atoms with Crippen molar-refractivity contribution in [2.75, 3.05) is 0 Å². The zero-order valence-electron chi connectivity index (χ0n) is 4.82. The van der Waals surface area contributed by atoms with Crippen LogP contribution in [-0.4, -0.2) is 3.97 Å². The quantitative estimate of drug-likeness (QED) is 0.657. The normalized spacial score (nSPS) is 9.80. The van der Waals surface area contributed by atoms with Gasteiger partial charge in [-0.05, 0) is 6.07 Å². The topological polar surface area (TPSA) is 22.0 Å². The van der Waals surface area contributed by atoms with E-state index in [-0.39, 0.29) is 12.3 Å². The molecule has 10 heavy (non-hydrogen) atoms. The molecular weight excluding hydrogens is 173 g/mol. The number of nitrogens with zero attached hydrogens (tertiary/aromatic N) is 1. The first-order chi connectivity index (χ1) is 4.74. The molecule has 2 nitrogen and oxygen atoms in total. The van der Waals surface area contributed by atoms with E-state index in [0.717, 1.165) is 3.97 Å². The van der Waals surface area contributed by atoms with Gasteiger partial charge in [-0.2, -0.15) is 0 Å². The number of halogens is 1. The van der Waals surface area contributed by atoms with E-state index in [0.29, 0.717) is 4.90 Å². The average molecular weight is 177 g/mol. The third-order valence-electron chi connectivity index (χ3n) is 0.944. The Hall–Kier alpha value is -0.420. The van der Waals surface area contributed by atoms with Crippen LogP contribution >= 0.6 is 25.0 Å². The highest BCUT2D eigenvalue weighted by atomic mass is 32.2. The van der Waals surface area contributed by atoms with E-state index >= 15 is 0 Å². The molecule has 0 saturated carbocycles. The number of pyridine rings is 1. The maximum absolute atomic E-state index is 11.8. The Labute approximate surface area is 66.9 Å². The molecule has 0 fully saturated rings. The summed E-state index contributed by atoms with van der Waals surface area (Å²) < 4.78 is 12.6. The summed E-state index contributed by atoms with van der Waals surface area (Å²) in [6, 6.07) is 2.78. The summed E-state index contributed by atoms with van der Waals surface area (Å²) in [6.45, 7) is 0. The van der Waals surface area contributed by atoms with Gasteiger partial charge in [0.15, 0.2) is 12.3 Å². The SMILES string of the molecule is O=c1cc(S)ccn1SF. The van der Waals surface area contributed by atoms with Crippen LogP contribution in [0, 0.1) is 0 Å². The molecule has 0 aliphatic carbocycles. The molecule has 54 valence electrons. The lowest BCUT2D eigenvalue weighted by Gasteiger charge is -1.94. The molecule has 5 heteroatoms. The Morgan fingerprint density at radius 2 is 2.40 bits per heavy atom. The van der Waals surface area contributed by atoms with Crippen LogP contribution in [0.15, 0.2) is 28.0 Å². The van der Waals surface area contributed by atoms with Gasteiger partial charge >= 0.3 is 0 Å². The van der Waals surface area contributed by atoms with E-state index in [1.807, 2.05) is 0 Å². The van der Waals surface area contributed by atoms with Gasteiger partial charge in [-0.25, -0.2) is 3.97 Å². The highest BCUT2D eigenvalue weighted by Crippen LogP contribution is 2.05. The van der Waals surface area contributed by atoms with Crippen LogP contribution < -0.4 is 5.56 Å². The predicted octanol–water partition coefficient (Wildman–Crippen LogP) is 1.52.